The van der Waals surface area contributed by atoms with Crippen LogP contribution in [0.25, 0.3) is 44.1 Å². The Morgan fingerprint density at radius 3 is 1.64 bits per heavy atom. The molecule has 2 aromatic heterocycles. The Kier molecular flexibility index (Phi) is 5.01. The molecule has 168 valence electrons. The van der Waals surface area contributed by atoms with Crippen molar-refractivity contribution in [3.63, 3.8) is 0 Å². The number of aromatic amines is 2. The molecule has 5 aromatic rings. The summed E-state index contributed by atoms with van der Waals surface area (Å²) in [5.74, 6) is 2.28. The number of phenols is 1. The van der Waals surface area contributed by atoms with Crippen molar-refractivity contribution < 1.29 is 24.1 Å². The number of H-pyrrole nitrogens is 2. The normalized spacial score (nSPS) is 11.2. The molecule has 0 bridgehead atoms. The van der Waals surface area contributed by atoms with Crippen LogP contribution in [0.4, 0.5) is 0 Å². The third-order valence-electron chi connectivity index (χ3n) is 5.93. The molecule has 0 saturated heterocycles. The van der Waals surface area contributed by atoms with Gasteiger partial charge in [-0.25, -0.2) is 0 Å². The van der Waals surface area contributed by atoms with Crippen LogP contribution in [-0.2, 0) is 0 Å². The zero-order chi connectivity index (χ0) is 23.1. The van der Waals surface area contributed by atoms with Gasteiger partial charge in [-0.2, -0.15) is 0 Å². The summed E-state index contributed by atoms with van der Waals surface area (Å²) in [5.41, 5.74) is 4.94. The molecule has 5 rings (SSSR count). The average Bonchev–Trinajstić information content (AvgIpc) is 3.45. The maximum atomic E-state index is 9.89. The summed E-state index contributed by atoms with van der Waals surface area (Å²) in [7, 11) is 6.43. The molecular weight excluding hydrogens is 420 g/mol. The standard InChI is InChI=1S/C26H24N2O5/c1-30-23-21(17-12-27-19-8-6-5-7-15(17)19)24(31-2)26(33-4)22(25(23)32-3)18-13-28-20-11-14(29)9-10-16(18)20/h5-13,27-29H,1-4H3. The van der Waals surface area contributed by atoms with E-state index in [1.54, 1.807) is 40.6 Å². The van der Waals surface area contributed by atoms with E-state index in [0.29, 0.717) is 28.6 Å². The van der Waals surface area contributed by atoms with Gasteiger partial charge in [0.25, 0.3) is 0 Å². The fraction of sp³-hybridized carbons (Fsp3) is 0.154. The first-order valence-corrected chi connectivity index (χ1v) is 10.4. The molecule has 33 heavy (non-hydrogen) atoms. The molecule has 0 saturated carbocycles. The van der Waals surface area contributed by atoms with Gasteiger partial charge in [-0.05, 0) is 18.2 Å². The topological polar surface area (TPSA) is 88.7 Å². The van der Waals surface area contributed by atoms with Gasteiger partial charge < -0.3 is 34.0 Å². The summed E-state index contributed by atoms with van der Waals surface area (Å²) in [6.45, 7) is 0. The highest BCUT2D eigenvalue weighted by atomic mass is 16.5. The van der Waals surface area contributed by atoms with Crippen LogP contribution in [0, 0.1) is 0 Å². The largest absolute Gasteiger partial charge is 0.508 e. The van der Waals surface area contributed by atoms with Crippen molar-refractivity contribution in [3.8, 4) is 51.0 Å². The fourth-order valence-electron chi connectivity index (χ4n) is 4.53. The summed E-state index contributed by atoms with van der Waals surface area (Å²) in [6, 6.07) is 13.2. The van der Waals surface area contributed by atoms with E-state index < -0.39 is 0 Å². The molecule has 0 radical (unpaired) electrons. The Balaban J connectivity index is 1.91. The van der Waals surface area contributed by atoms with Gasteiger partial charge in [0, 0.05) is 51.4 Å². The molecule has 0 aliphatic rings. The summed E-state index contributed by atoms with van der Waals surface area (Å²) in [5, 5.41) is 11.8. The number of hydrogen-bond acceptors (Lipinski definition) is 5. The van der Waals surface area contributed by atoms with Crippen molar-refractivity contribution in [1.82, 2.24) is 9.97 Å². The molecule has 0 spiro atoms. The molecule has 7 nitrogen and oxygen atoms in total. The van der Waals surface area contributed by atoms with Gasteiger partial charge in [0.2, 0.25) is 0 Å². The first-order valence-electron chi connectivity index (χ1n) is 10.4. The van der Waals surface area contributed by atoms with E-state index in [9.17, 15) is 5.11 Å². The van der Waals surface area contributed by atoms with Crippen LogP contribution >= 0.6 is 0 Å². The number of benzene rings is 3. The van der Waals surface area contributed by atoms with Crippen LogP contribution in [0.15, 0.2) is 54.9 Å². The number of aromatic nitrogens is 2. The number of hydrogen-bond donors (Lipinski definition) is 3. The summed E-state index contributed by atoms with van der Waals surface area (Å²) >= 11 is 0. The van der Waals surface area contributed by atoms with E-state index in [0.717, 1.165) is 38.5 Å². The number of rotatable bonds is 6. The van der Waals surface area contributed by atoms with E-state index in [4.69, 9.17) is 18.9 Å². The predicted molar refractivity (Wildman–Crippen MR) is 129 cm³/mol. The molecule has 3 N–H and O–H groups in total. The Morgan fingerprint density at radius 1 is 0.606 bits per heavy atom. The first kappa shape index (κ1) is 20.6. The summed E-state index contributed by atoms with van der Waals surface area (Å²) < 4.78 is 23.7. The lowest BCUT2D eigenvalue weighted by atomic mass is 9.94. The Bertz CT molecular complexity index is 1450. The average molecular weight is 444 g/mol. The van der Waals surface area contributed by atoms with Gasteiger partial charge in [-0.15, -0.1) is 0 Å². The fourth-order valence-corrected chi connectivity index (χ4v) is 4.53. The molecule has 7 heteroatoms. The Morgan fingerprint density at radius 2 is 1.09 bits per heavy atom. The van der Waals surface area contributed by atoms with E-state index in [-0.39, 0.29) is 5.75 Å². The maximum Gasteiger partial charge on any atom is 0.173 e. The SMILES string of the molecule is COc1c(OC)c(-c2c[nH]c3cc(O)ccc23)c(OC)c(OC)c1-c1c[nH]c2ccccc12. The van der Waals surface area contributed by atoms with Crippen LogP contribution in [-0.4, -0.2) is 43.5 Å². The predicted octanol–water partition coefficient (Wildman–Crippen LogP) is 5.72. The van der Waals surface area contributed by atoms with Crippen molar-refractivity contribution in [2.24, 2.45) is 0 Å². The Hall–Kier alpha value is -4.26. The zero-order valence-corrected chi connectivity index (χ0v) is 18.8. The van der Waals surface area contributed by atoms with Gasteiger partial charge >= 0.3 is 0 Å². The second kappa shape index (κ2) is 8.02. The second-order valence-electron chi connectivity index (χ2n) is 7.56. The molecule has 0 fully saturated rings. The molecule has 0 atom stereocenters. The molecule has 2 heterocycles. The van der Waals surface area contributed by atoms with Crippen LogP contribution in [0.2, 0.25) is 0 Å². The van der Waals surface area contributed by atoms with Crippen molar-refractivity contribution in [1.29, 1.82) is 0 Å². The molecule has 0 aliphatic carbocycles. The number of aromatic hydroxyl groups is 1. The van der Waals surface area contributed by atoms with Crippen molar-refractivity contribution >= 4 is 21.8 Å². The third-order valence-corrected chi connectivity index (χ3v) is 5.93. The van der Waals surface area contributed by atoms with Gasteiger partial charge in [0.05, 0.1) is 39.6 Å². The van der Waals surface area contributed by atoms with E-state index in [1.165, 1.54) is 0 Å². The number of nitrogens with one attached hydrogen (secondary N) is 2. The highest BCUT2D eigenvalue weighted by molar-refractivity contribution is 6.06. The number of phenolic OH excluding ortho intramolecular Hbond substituents is 1. The van der Waals surface area contributed by atoms with Crippen molar-refractivity contribution in [2.75, 3.05) is 28.4 Å². The molecular formula is C26H24N2O5. The zero-order valence-electron chi connectivity index (χ0n) is 18.8. The van der Waals surface area contributed by atoms with Crippen LogP contribution < -0.4 is 18.9 Å². The molecule has 0 aliphatic heterocycles. The Labute approximate surface area is 190 Å². The highest BCUT2D eigenvalue weighted by Crippen LogP contribution is 2.58. The lowest BCUT2D eigenvalue weighted by Crippen LogP contribution is -2.02. The first-order chi connectivity index (χ1) is 16.1. The van der Waals surface area contributed by atoms with E-state index >= 15 is 0 Å². The molecule has 3 aromatic carbocycles. The number of fused-ring (bicyclic) bond motifs is 2. The van der Waals surface area contributed by atoms with Gasteiger partial charge in [0.15, 0.2) is 23.0 Å². The van der Waals surface area contributed by atoms with Crippen LogP contribution in [0.5, 0.6) is 28.7 Å². The number of methoxy groups -OCH3 is 4. The maximum absolute atomic E-state index is 9.89. The quantitative estimate of drug-likeness (QED) is 0.312. The van der Waals surface area contributed by atoms with Gasteiger partial charge in [-0.1, -0.05) is 18.2 Å². The van der Waals surface area contributed by atoms with Crippen LogP contribution in [0.3, 0.4) is 0 Å². The van der Waals surface area contributed by atoms with Crippen molar-refractivity contribution in [2.45, 2.75) is 0 Å². The van der Waals surface area contributed by atoms with Crippen LogP contribution in [0.1, 0.15) is 0 Å². The monoisotopic (exact) mass is 444 g/mol. The van der Waals surface area contributed by atoms with Crippen molar-refractivity contribution in [3.05, 3.63) is 54.9 Å². The third kappa shape index (κ3) is 3.04. The highest BCUT2D eigenvalue weighted by Gasteiger charge is 2.31. The lowest BCUT2D eigenvalue weighted by molar-refractivity contribution is 0.333. The van der Waals surface area contributed by atoms with E-state index in [1.807, 2.05) is 42.7 Å². The molecule has 0 amide bonds. The second-order valence-corrected chi connectivity index (χ2v) is 7.56. The summed E-state index contributed by atoms with van der Waals surface area (Å²) in [4.78, 5) is 6.53. The minimum absolute atomic E-state index is 0.180. The van der Waals surface area contributed by atoms with Gasteiger partial charge in [-0.3, -0.25) is 0 Å². The lowest BCUT2D eigenvalue weighted by Gasteiger charge is -2.23. The van der Waals surface area contributed by atoms with Gasteiger partial charge in [0.1, 0.15) is 5.75 Å². The molecule has 0 unspecified atom stereocenters. The smallest absolute Gasteiger partial charge is 0.173 e. The summed E-state index contributed by atoms with van der Waals surface area (Å²) in [6.07, 6.45) is 3.78. The minimum atomic E-state index is 0.180. The number of para-hydroxylation sites is 1. The number of ether oxygens (including phenoxy) is 4. The van der Waals surface area contributed by atoms with E-state index in [2.05, 4.69) is 9.97 Å². The minimum Gasteiger partial charge on any atom is -0.508 e.